The summed E-state index contributed by atoms with van der Waals surface area (Å²) in [6.45, 7) is 8.99. The Hall–Kier alpha value is -3.36. The Morgan fingerprint density at radius 3 is 2.13 bits per heavy atom. The predicted molar refractivity (Wildman–Crippen MR) is 156 cm³/mol. The highest BCUT2D eigenvalue weighted by Crippen LogP contribution is 2.26. The molecule has 9 heteroatoms. The van der Waals surface area contributed by atoms with E-state index in [-0.39, 0.29) is 23.4 Å². The molecule has 208 valence electrons. The number of benzene rings is 3. The lowest BCUT2D eigenvalue weighted by Crippen LogP contribution is -2.52. The highest BCUT2D eigenvalue weighted by atomic mass is 35.5. The third-order valence-electron chi connectivity index (χ3n) is 6.57. The van der Waals surface area contributed by atoms with E-state index in [1.54, 1.807) is 25.1 Å². The molecule has 0 saturated carbocycles. The average molecular weight is 570 g/mol. The molecule has 0 aromatic heterocycles. The van der Waals surface area contributed by atoms with Crippen molar-refractivity contribution in [2.75, 3.05) is 10.8 Å². The summed E-state index contributed by atoms with van der Waals surface area (Å²) in [5.41, 5.74) is 3.05. The second kappa shape index (κ2) is 13.1. The molecule has 7 nitrogen and oxygen atoms in total. The summed E-state index contributed by atoms with van der Waals surface area (Å²) < 4.78 is 28.8. The summed E-state index contributed by atoms with van der Waals surface area (Å²) in [5.74, 6) is -0.796. The number of carbonyl (C=O) groups excluding carboxylic acids is 2. The van der Waals surface area contributed by atoms with Crippen molar-refractivity contribution in [2.45, 2.75) is 64.6 Å². The van der Waals surface area contributed by atoms with Gasteiger partial charge in [-0.05, 0) is 81.6 Å². The molecule has 0 aliphatic heterocycles. The molecular weight excluding hydrogens is 534 g/mol. The Labute approximate surface area is 236 Å². The van der Waals surface area contributed by atoms with Crippen LogP contribution in [-0.2, 0) is 26.2 Å². The Kier molecular flexibility index (Phi) is 10.2. The molecule has 0 bridgehead atoms. The number of hydrogen-bond donors (Lipinski definition) is 1. The smallest absolute Gasteiger partial charge is 0.264 e. The predicted octanol–water partition coefficient (Wildman–Crippen LogP) is 5.48. The third-order valence-corrected chi connectivity index (χ3v) is 8.61. The number of carbonyl (C=O) groups is 2. The van der Waals surface area contributed by atoms with E-state index in [1.807, 2.05) is 58.0 Å². The van der Waals surface area contributed by atoms with E-state index in [1.165, 1.54) is 29.2 Å². The molecule has 1 N–H and O–H groups in total. The topological polar surface area (TPSA) is 86.8 Å². The standard InChI is InChI=1S/C30H36ClN3O4S/c1-6-23(4)32-30(36)24(5)33(19-25-11-7-9-21(2)17-25)29(35)20-34(27-12-8-10-22(3)18-27)39(37,38)28-15-13-26(31)14-16-28/h7-18,23-24H,6,19-20H2,1-5H3,(H,32,36). The van der Waals surface area contributed by atoms with Crippen LogP contribution in [0.25, 0.3) is 0 Å². The lowest BCUT2D eigenvalue weighted by atomic mass is 10.1. The average Bonchev–Trinajstić information content (AvgIpc) is 2.89. The molecule has 0 heterocycles. The summed E-state index contributed by atoms with van der Waals surface area (Å²) >= 11 is 6.00. The molecule has 2 atom stereocenters. The van der Waals surface area contributed by atoms with Crippen molar-refractivity contribution in [1.29, 1.82) is 0 Å². The highest BCUT2D eigenvalue weighted by Gasteiger charge is 2.32. The molecule has 3 aromatic rings. The van der Waals surface area contributed by atoms with Crippen LogP contribution in [0.15, 0.2) is 77.7 Å². The lowest BCUT2D eigenvalue weighted by molar-refractivity contribution is -0.139. The number of anilines is 1. The molecule has 3 aromatic carbocycles. The minimum atomic E-state index is -4.14. The highest BCUT2D eigenvalue weighted by molar-refractivity contribution is 7.92. The van der Waals surface area contributed by atoms with Gasteiger partial charge in [0.15, 0.2) is 0 Å². The zero-order chi connectivity index (χ0) is 28.7. The van der Waals surface area contributed by atoms with Gasteiger partial charge in [-0.1, -0.05) is 60.5 Å². The van der Waals surface area contributed by atoms with E-state index in [0.717, 1.165) is 27.4 Å². The number of amides is 2. The molecule has 0 radical (unpaired) electrons. The van der Waals surface area contributed by atoms with E-state index >= 15 is 0 Å². The van der Waals surface area contributed by atoms with E-state index in [2.05, 4.69) is 5.32 Å². The Morgan fingerprint density at radius 1 is 0.923 bits per heavy atom. The number of rotatable bonds is 11. The van der Waals surface area contributed by atoms with Gasteiger partial charge in [0.05, 0.1) is 10.6 Å². The van der Waals surface area contributed by atoms with Crippen molar-refractivity contribution in [3.63, 3.8) is 0 Å². The van der Waals surface area contributed by atoms with Gasteiger partial charge >= 0.3 is 0 Å². The molecule has 2 unspecified atom stereocenters. The summed E-state index contributed by atoms with van der Waals surface area (Å²) in [7, 11) is -4.14. The van der Waals surface area contributed by atoms with Crippen LogP contribution in [0.2, 0.25) is 5.02 Å². The number of hydrogen-bond acceptors (Lipinski definition) is 4. The summed E-state index contributed by atoms with van der Waals surface area (Å²) in [6, 6.07) is 19.6. The lowest BCUT2D eigenvalue weighted by Gasteiger charge is -2.32. The zero-order valence-electron chi connectivity index (χ0n) is 23.0. The first-order valence-electron chi connectivity index (χ1n) is 12.9. The van der Waals surface area contributed by atoms with Gasteiger partial charge < -0.3 is 10.2 Å². The van der Waals surface area contributed by atoms with Crippen LogP contribution in [-0.4, -0.2) is 43.8 Å². The van der Waals surface area contributed by atoms with Crippen molar-refractivity contribution in [3.05, 3.63) is 94.5 Å². The number of halogens is 1. The minimum absolute atomic E-state index is 0.00834. The van der Waals surface area contributed by atoms with Gasteiger partial charge in [0.1, 0.15) is 12.6 Å². The van der Waals surface area contributed by atoms with Gasteiger partial charge in [-0.25, -0.2) is 8.42 Å². The fourth-order valence-corrected chi connectivity index (χ4v) is 5.63. The van der Waals surface area contributed by atoms with Crippen molar-refractivity contribution in [2.24, 2.45) is 0 Å². The second-order valence-corrected chi connectivity index (χ2v) is 12.1. The van der Waals surface area contributed by atoms with Crippen molar-refractivity contribution in [1.82, 2.24) is 10.2 Å². The van der Waals surface area contributed by atoms with Crippen LogP contribution in [0.4, 0.5) is 5.69 Å². The van der Waals surface area contributed by atoms with E-state index in [0.29, 0.717) is 10.7 Å². The van der Waals surface area contributed by atoms with Gasteiger partial charge in [-0.2, -0.15) is 0 Å². The quantitative estimate of drug-likeness (QED) is 0.331. The van der Waals surface area contributed by atoms with Gasteiger partial charge in [-0.15, -0.1) is 0 Å². The fourth-order valence-electron chi connectivity index (χ4n) is 4.10. The molecule has 0 aliphatic rings. The van der Waals surface area contributed by atoms with Crippen LogP contribution in [0.1, 0.15) is 43.9 Å². The SMILES string of the molecule is CCC(C)NC(=O)C(C)N(Cc1cccc(C)c1)C(=O)CN(c1cccc(C)c1)S(=O)(=O)c1ccc(Cl)cc1. The molecule has 0 saturated heterocycles. The maximum atomic E-state index is 14.0. The van der Waals surface area contributed by atoms with Crippen LogP contribution < -0.4 is 9.62 Å². The van der Waals surface area contributed by atoms with Crippen LogP contribution >= 0.6 is 11.6 Å². The zero-order valence-corrected chi connectivity index (χ0v) is 24.6. The number of aryl methyl sites for hydroxylation is 2. The number of nitrogens with zero attached hydrogens (tertiary/aromatic N) is 2. The molecule has 39 heavy (non-hydrogen) atoms. The largest absolute Gasteiger partial charge is 0.352 e. The Balaban J connectivity index is 2.03. The Morgan fingerprint density at radius 2 is 1.54 bits per heavy atom. The van der Waals surface area contributed by atoms with Crippen molar-refractivity contribution < 1.29 is 18.0 Å². The summed E-state index contributed by atoms with van der Waals surface area (Å²) in [5, 5.41) is 3.34. The first-order valence-corrected chi connectivity index (χ1v) is 14.7. The van der Waals surface area contributed by atoms with Gasteiger partial charge in [-0.3, -0.25) is 13.9 Å². The van der Waals surface area contributed by atoms with Gasteiger partial charge in [0, 0.05) is 17.6 Å². The molecular formula is C30H36ClN3O4S. The minimum Gasteiger partial charge on any atom is -0.352 e. The van der Waals surface area contributed by atoms with Crippen molar-refractivity contribution in [3.8, 4) is 0 Å². The Bertz CT molecular complexity index is 1410. The summed E-state index contributed by atoms with van der Waals surface area (Å²) in [4.78, 5) is 28.5. The van der Waals surface area contributed by atoms with Gasteiger partial charge in [0.25, 0.3) is 10.0 Å². The molecule has 3 rings (SSSR count). The van der Waals surface area contributed by atoms with Crippen LogP contribution in [0.5, 0.6) is 0 Å². The van der Waals surface area contributed by atoms with E-state index in [4.69, 9.17) is 11.6 Å². The molecule has 0 spiro atoms. The summed E-state index contributed by atoms with van der Waals surface area (Å²) in [6.07, 6.45) is 0.741. The van der Waals surface area contributed by atoms with Crippen LogP contribution in [0, 0.1) is 13.8 Å². The fraction of sp³-hybridized carbons (Fsp3) is 0.333. The molecule has 2 amide bonds. The van der Waals surface area contributed by atoms with E-state index < -0.39 is 28.5 Å². The third kappa shape index (κ3) is 7.83. The molecule has 0 aliphatic carbocycles. The molecule has 0 fully saturated rings. The number of nitrogens with one attached hydrogen (secondary N) is 1. The maximum absolute atomic E-state index is 14.0. The second-order valence-electron chi connectivity index (χ2n) is 9.81. The monoisotopic (exact) mass is 569 g/mol. The normalized spacial score (nSPS) is 12.9. The number of sulfonamides is 1. The van der Waals surface area contributed by atoms with E-state index in [9.17, 15) is 18.0 Å². The first-order chi connectivity index (χ1) is 18.4. The first kappa shape index (κ1) is 30.2. The van der Waals surface area contributed by atoms with Crippen molar-refractivity contribution >= 4 is 39.1 Å². The maximum Gasteiger partial charge on any atom is 0.264 e. The van der Waals surface area contributed by atoms with Crippen LogP contribution in [0.3, 0.4) is 0 Å². The van der Waals surface area contributed by atoms with Gasteiger partial charge in [0.2, 0.25) is 11.8 Å².